The molecule has 0 aliphatic carbocycles. The zero-order valence-electron chi connectivity index (χ0n) is 14.8. The van der Waals surface area contributed by atoms with E-state index in [1.54, 1.807) is 11.8 Å². The Kier molecular flexibility index (Phi) is 5.42. The molecule has 0 N–H and O–H groups in total. The normalized spacial score (nSPS) is 18.9. The van der Waals surface area contributed by atoms with E-state index in [2.05, 4.69) is 0 Å². The van der Waals surface area contributed by atoms with E-state index in [1.807, 2.05) is 53.0 Å². The average Bonchev–Trinajstić information content (AvgIpc) is 2.73. The molecule has 1 aromatic carbocycles. The molecule has 1 unspecified atom stereocenters. The first-order valence-corrected chi connectivity index (χ1v) is 11.6. The molecule has 0 bridgehead atoms. The maximum atomic E-state index is 12.9. The predicted molar refractivity (Wildman–Crippen MR) is 99.2 cm³/mol. The standard InChI is InChI=1S/C16H25O4PS2/c1-15(2,3)23-21(17,18-6)20-12-8-9-13(22-7)11-10-16(4,5)19-14(11)12/h8-9H,10H2,1-7H3. The second kappa shape index (κ2) is 6.55. The highest BCUT2D eigenvalue weighted by Gasteiger charge is 2.38. The highest BCUT2D eigenvalue weighted by atomic mass is 32.7. The molecule has 0 saturated heterocycles. The zero-order valence-corrected chi connectivity index (χ0v) is 17.3. The van der Waals surface area contributed by atoms with E-state index in [0.29, 0.717) is 11.5 Å². The molecule has 0 radical (unpaired) electrons. The lowest BCUT2D eigenvalue weighted by molar-refractivity contribution is 0.135. The Hall–Kier alpha value is -0.290. The number of ether oxygens (including phenoxy) is 1. The first kappa shape index (κ1) is 19.0. The molecule has 1 aromatic rings. The Labute approximate surface area is 147 Å². The monoisotopic (exact) mass is 376 g/mol. The van der Waals surface area contributed by atoms with Gasteiger partial charge in [-0.1, -0.05) is 20.8 Å². The van der Waals surface area contributed by atoms with Crippen molar-refractivity contribution in [3.63, 3.8) is 0 Å². The van der Waals surface area contributed by atoms with Crippen molar-refractivity contribution in [1.82, 2.24) is 0 Å². The molecular weight excluding hydrogens is 351 g/mol. The van der Waals surface area contributed by atoms with Gasteiger partial charge in [-0.05, 0) is 43.6 Å². The molecule has 0 fully saturated rings. The van der Waals surface area contributed by atoms with Crippen molar-refractivity contribution in [2.24, 2.45) is 0 Å². The molecule has 0 aromatic heterocycles. The van der Waals surface area contributed by atoms with Crippen LogP contribution >= 0.6 is 29.9 Å². The average molecular weight is 376 g/mol. The number of hydrogen-bond donors (Lipinski definition) is 0. The summed E-state index contributed by atoms with van der Waals surface area (Å²) in [5.41, 5.74) is 0.823. The Morgan fingerprint density at radius 1 is 1.30 bits per heavy atom. The molecule has 1 heterocycles. The lowest BCUT2D eigenvalue weighted by Gasteiger charge is -2.25. The summed E-state index contributed by atoms with van der Waals surface area (Å²) in [4.78, 5) is 1.16. The van der Waals surface area contributed by atoms with E-state index in [1.165, 1.54) is 18.5 Å². The van der Waals surface area contributed by atoms with Crippen LogP contribution in [0.3, 0.4) is 0 Å². The number of rotatable bonds is 5. The van der Waals surface area contributed by atoms with Gasteiger partial charge in [0, 0.05) is 28.7 Å². The summed E-state index contributed by atoms with van der Waals surface area (Å²) in [6.45, 7) is 6.71. The van der Waals surface area contributed by atoms with E-state index >= 15 is 0 Å². The maximum absolute atomic E-state index is 12.9. The largest absolute Gasteiger partial charge is 0.483 e. The van der Waals surface area contributed by atoms with E-state index in [4.69, 9.17) is 13.8 Å². The summed E-state index contributed by atoms with van der Waals surface area (Å²) < 4.78 is 29.8. The predicted octanol–water partition coefficient (Wildman–Crippen LogP) is 5.79. The Bertz CT molecular complexity index is 638. The van der Waals surface area contributed by atoms with Crippen LogP contribution in [-0.4, -0.2) is 23.7 Å². The summed E-state index contributed by atoms with van der Waals surface area (Å²) in [6, 6.07) is 3.81. The van der Waals surface area contributed by atoms with Crippen molar-refractivity contribution in [2.45, 2.75) is 56.3 Å². The Morgan fingerprint density at radius 2 is 1.96 bits per heavy atom. The van der Waals surface area contributed by atoms with Crippen LogP contribution in [0.2, 0.25) is 0 Å². The second-order valence-electron chi connectivity index (χ2n) is 7.04. The third-order valence-corrected chi connectivity index (χ3v) is 8.65. The molecule has 1 aliphatic rings. The first-order chi connectivity index (χ1) is 10.5. The molecule has 130 valence electrons. The number of hydrogen-bond acceptors (Lipinski definition) is 6. The lowest BCUT2D eigenvalue weighted by Crippen LogP contribution is -2.24. The van der Waals surface area contributed by atoms with Gasteiger partial charge in [-0.2, -0.15) is 0 Å². The minimum absolute atomic E-state index is 0.242. The molecule has 1 aliphatic heterocycles. The van der Waals surface area contributed by atoms with Gasteiger partial charge in [-0.3, -0.25) is 4.52 Å². The fourth-order valence-electron chi connectivity index (χ4n) is 2.42. The fraction of sp³-hybridized carbons (Fsp3) is 0.625. The van der Waals surface area contributed by atoms with Crippen LogP contribution < -0.4 is 9.26 Å². The van der Waals surface area contributed by atoms with Crippen LogP contribution in [0.5, 0.6) is 11.5 Å². The van der Waals surface area contributed by atoms with Crippen molar-refractivity contribution >= 4 is 29.9 Å². The zero-order chi connectivity index (χ0) is 17.5. The van der Waals surface area contributed by atoms with Gasteiger partial charge in [0.05, 0.1) is 0 Å². The van der Waals surface area contributed by atoms with Crippen molar-refractivity contribution < 1.29 is 18.3 Å². The van der Waals surface area contributed by atoms with Crippen molar-refractivity contribution in [1.29, 1.82) is 0 Å². The van der Waals surface area contributed by atoms with Gasteiger partial charge in [0.15, 0.2) is 11.5 Å². The van der Waals surface area contributed by atoms with Crippen LogP contribution in [0.4, 0.5) is 0 Å². The van der Waals surface area contributed by atoms with Gasteiger partial charge >= 0.3 is 6.80 Å². The molecular formula is C16H25O4PS2. The lowest BCUT2D eigenvalue weighted by atomic mass is 10.0. The number of thioether (sulfide) groups is 1. The van der Waals surface area contributed by atoms with Gasteiger partial charge in [-0.25, -0.2) is 4.57 Å². The summed E-state index contributed by atoms with van der Waals surface area (Å²) in [6.07, 6.45) is 2.84. The van der Waals surface area contributed by atoms with E-state index in [-0.39, 0.29) is 10.3 Å². The van der Waals surface area contributed by atoms with Crippen LogP contribution in [-0.2, 0) is 15.5 Å². The molecule has 2 rings (SSSR count). The smallest absolute Gasteiger partial charge is 0.440 e. The van der Waals surface area contributed by atoms with Gasteiger partial charge in [0.1, 0.15) is 5.60 Å². The van der Waals surface area contributed by atoms with Crippen molar-refractivity contribution in [2.75, 3.05) is 13.4 Å². The summed E-state index contributed by atoms with van der Waals surface area (Å²) in [5.74, 6) is 1.18. The van der Waals surface area contributed by atoms with Crippen molar-refractivity contribution in [3.8, 4) is 11.5 Å². The van der Waals surface area contributed by atoms with Gasteiger partial charge in [-0.15, -0.1) is 11.8 Å². The molecule has 0 amide bonds. The molecule has 23 heavy (non-hydrogen) atoms. The van der Waals surface area contributed by atoms with E-state index in [0.717, 1.165) is 16.9 Å². The van der Waals surface area contributed by atoms with E-state index < -0.39 is 6.80 Å². The molecule has 0 saturated carbocycles. The van der Waals surface area contributed by atoms with Crippen LogP contribution in [0.25, 0.3) is 0 Å². The van der Waals surface area contributed by atoms with Crippen LogP contribution in [0.1, 0.15) is 40.2 Å². The second-order valence-corrected chi connectivity index (χ2v) is 12.6. The van der Waals surface area contributed by atoms with Crippen LogP contribution in [0.15, 0.2) is 17.0 Å². The third-order valence-electron chi connectivity index (χ3n) is 3.20. The Morgan fingerprint density at radius 3 is 2.48 bits per heavy atom. The Balaban J connectivity index is 2.39. The van der Waals surface area contributed by atoms with Gasteiger partial charge in [0.2, 0.25) is 0 Å². The number of benzene rings is 1. The van der Waals surface area contributed by atoms with E-state index in [9.17, 15) is 4.57 Å². The highest BCUT2D eigenvalue weighted by Crippen LogP contribution is 2.65. The summed E-state index contributed by atoms with van der Waals surface area (Å²) >= 11 is 2.88. The topological polar surface area (TPSA) is 44.8 Å². The molecule has 0 spiro atoms. The summed E-state index contributed by atoms with van der Waals surface area (Å²) in [5, 5.41) is 0. The summed E-state index contributed by atoms with van der Waals surface area (Å²) in [7, 11) is 1.42. The highest BCUT2D eigenvalue weighted by molar-refractivity contribution is 8.55. The van der Waals surface area contributed by atoms with Crippen LogP contribution in [0, 0.1) is 0 Å². The van der Waals surface area contributed by atoms with Gasteiger partial charge in [0.25, 0.3) is 0 Å². The molecule has 1 atom stereocenters. The SMILES string of the molecule is COP(=O)(Oc1ccc(SC)c2c1OC(C)(C)C2)SC(C)(C)C. The molecule has 7 heteroatoms. The first-order valence-electron chi connectivity index (χ1n) is 7.44. The quantitative estimate of drug-likeness (QED) is 0.479. The minimum Gasteiger partial charge on any atom is -0.483 e. The third kappa shape index (κ3) is 4.62. The van der Waals surface area contributed by atoms with Gasteiger partial charge < -0.3 is 9.26 Å². The fourth-order valence-corrected chi connectivity index (χ4v) is 6.86. The molecule has 4 nitrogen and oxygen atoms in total. The van der Waals surface area contributed by atoms with Crippen molar-refractivity contribution in [3.05, 3.63) is 17.7 Å². The minimum atomic E-state index is -3.31. The maximum Gasteiger partial charge on any atom is 0.440 e. The number of fused-ring (bicyclic) bond motifs is 1.